The van der Waals surface area contributed by atoms with Crippen LogP contribution in [0.1, 0.15) is 33.6 Å². The van der Waals surface area contributed by atoms with Gasteiger partial charge in [-0.25, -0.2) is 0 Å². The Labute approximate surface area is 179 Å². The van der Waals surface area contributed by atoms with Crippen LogP contribution in [-0.2, 0) is 14.3 Å². The molecule has 0 aromatic heterocycles. The van der Waals surface area contributed by atoms with Gasteiger partial charge in [0.1, 0.15) is 12.1 Å². The number of aliphatic imine (C=N–C) groups is 1. The van der Waals surface area contributed by atoms with Crippen LogP contribution < -0.4 is 5.32 Å². The van der Waals surface area contributed by atoms with Crippen molar-refractivity contribution in [3.05, 3.63) is 0 Å². The summed E-state index contributed by atoms with van der Waals surface area (Å²) in [6, 6.07) is 0. The highest BCUT2D eigenvalue weighted by Gasteiger charge is 2.25. The summed E-state index contributed by atoms with van der Waals surface area (Å²) in [6.07, 6.45) is 2.25. The number of likely N-dealkylation sites (tertiary alicyclic amines) is 1. The van der Waals surface area contributed by atoms with Crippen LogP contribution in [-0.4, -0.2) is 97.5 Å². The first-order chi connectivity index (χ1) is 12.3. The monoisotopic (exact) mass is 495 g/mol. The van der Waals surface area contributed by atoms with Gasteiger partial charge in [0.2, 0.25) is 5.91 Å². The molecule has 0 aromatic carbocycles. The molecular weight excluding hydrogens is 461 g/mol. The Balaban J connectivity index is 0.00000364. The maximum absolute atomic E-state index is 12.3. The minimum absolute atomic E-state index is 0. The van der Waals surface area contributed by atoms with Gasteiger partial charge in [0.05, 0.1) is 6.54 Å². The summed E-state index contributed by atoms with van der Waals surface area (Å²) in [5.74, 6) is 0.637. The lowest BCUT2D eigenvalue weighted by Gasteiger charge is -2.36. The van der Waals surface area contributed by atoms with E-state index in [-0.39, 0.29) is 42.4 Å². The molecule has 2 aliphatic rings. The highest BCUT2D eigenvalue weighted by molar-refractivity contribution is 14.0. The number of hydrogen-bond donors (Lipinski definition) is 1. The van der Waals surface area contributed by atoms with Gasteiger partial charge < -0.3 is 19.9 Å². The Morgan fingerprint density at radius 1 is 1.00 bits per heavy atom. The third kappa shape index (κ3) is 8.20. The maximum Gasteiger partial charge on any atom is 0.325 e. The molecule has 9 heteroatoms. The van der Waals surface area contributed by atoms with Crippen molar-refractivity contribution in [1.82, 2.24) is 20.0 Å². The van der Waals surface area contributed by atoms with Gasteiger partial charge in [-0.1, -0.05) is 0 Å². The van der Waals surface area contributed by atoms with E-state index in [1.54, 1.807) is 7.05 Å². The number of esters is 1. The number of hydrogen-bond acceptors (Lipinski definition) is 5. The number of nitrogens with one attached hydrogen (secondary N) is 1. The minimum Gasteiger partial charge on any atom is -0.459 e. The summed E-state index contributed by atoms with van der Waals surface area (Å²) >= 11 is 0. The lowest BCUT2D eigenvalue weighted by Crippen LogP contribution is -2.54. The number of carbonyl (C=O) groups excluding carboxylic acids is 2. The Kier molecular flexibility index (Phi) is 9.78. The molecule has 156 valence electrons. The average Bonchev–Trinajstić information content (AvgIpc) is 3.10. The summed E-state index contributed by atoms with van der Waals surface area (Å²) in [4.78, 5) is 34.6. The molecule has 0 spiro atoms. The first-order valence-electron chi connectivity index (χ1n) is 9.46. The fraction of sp³-hybridized carbons (Fsp3) is 0.833. The van der Waals surface area contributed by atoms with E-state index in [2.05, 4.69) is 20.1 Å². The number of guanidine groups is 1. The van der Waals surface area contributed by atoms with Crippen LogP contribution in [0.15, 0.2) is 4.99 Å². The van der Waals surface area contributed by atoms with Crippen molar-refractivity contribution in [3.63, 3.8) is 0 Å². The molecule has 2 rings (SSSR count). The maximum atomic E-state index is 12.3. The summed E-state index contributed by atoms with van der Waals surface area (Å²) < 4.78 is 5.30. The lowest BCUT2D eigenvalue weighted by molar-refractivity contribution is -0.153. The van der Waals surface area contributed by atoms with Crippen LogP contribution >= 0.6 is 24.0 Å². The van der Waals surface area contributed by atoms with Crippen LogP contribution in [0, 0.1) is 0 Å². The lowest BCUT2D eigenvalue weighted by atomic mass is 10.2. The third-order valence-corrected chi connectivity index (χ3v) is 4.51. The number of halogens is 1. The van der Waals surface area contributed by atoms with Crippen molar-refractivity contribution in [3.8, 4) is 0 Å². The molecule has 0 atom stereocenters. The van der Waals surface area contributed by atoms with E-state index < -0.39 is 5.60 Å². The van der Waals surface area contributed by atoms with Crippen LogP contribution in [0.25, 0.3) is 0 Å². The fourth-order valence-corrected chi connectivity index (χ4v) is 3.24. The number of amides is 1. The second kappa shape index (κ2) is 11.0. The summed E-state index contributed by atoms with van der Waals surface area (Å²) in [5.41, 5.74) is -0.490. The molecule has 2 aliphatic heterocycles. The Bertz CT molecular complexity index is 522. The topological polar surface area (TPSA) is 77.5 Å². The van der Waals surface area contributed by atoms with E-state index >= 15 is 0 Å². The van der Waals surface area contributed by atoms with Crippen molar-refractivity contribution < 1.29 is 14.3 Å². The Morgan fingerprint density at radius 2 is 1.59 bits per heavy atom. The molecule has 8 nitrogen and oxygen atoms in total. The van der Waals surface area contributed by atoms with Crippen LogP contribution in [0.2, 0.25) is 0 Å². The minimum atomic E-state index is -0.490. The van der Waals surface area contributed by atoms with Crippen molar-refractivity contribution in [2.75, 3.05) is 59.4 Å². The summed E-state index contributed by atoms with van der Waals surface area (Å²) in [7, 11) is 1.71. The van der Waals surface area contributed by atoms with Crippen molar-refractivity contribution >= 4 is 41.8 Å². The standard InChI is InChI=1S/C18H33N5O3.HI/c1-18(2,3)26-16(25)13-20-17(19-4)23-11-9-21(10-12-23)14-15(24)22-7-5-6-8-22;/h5-14H2,1-4H3,(H,19,20);1H. The zero-order valence-electron chi connectivity index (χ0n) is 17.0. The molecule has 0 aliphatic carbocycles. The second-order valence-electron chi connectivity index (χ2n) is 7.84. The van der Waals surface area contributed by atoms with Crippen LogP contribution in [0.3, 0.4) is 0 Å². The Hall–Kier alpha value is -1.10. The molecule has 27 heavy (non-hydrogen) atoms. The normalized spacial score (nSPS) is 18.9. The third-order valence-electron chi connectivity index (χ3n) is 4.51. The zero-order valence-corrected chi connectivity index (χ0v) is 19.3. The van der Waals surface area contributed by atoms with Gasteiger partial charge in [-0.3, -0.25) is 19.5 Å². The highest BCUT2D eigenvalue weighted by Crippen LogP contribution is 2.10. The van der Waals surface area contributed by atoms with Crippen molar-refractivity contribution in [2.45, 2.75) is 39.2 Å². The van der Waals surface area contributed by atoms with Gasteiger partial charge in [0.25, 0.3) is 0 Å². The van der Waals surface area contributed by atoms with E-state index in [4.69, 9.17) is 4.74 Å². The first kappa shape index (κ1) is 23.9. The van der Waals surface area contributed by atoms with E-state index in [1.807, 2.05) is 25.7 Å². The number of rotatable bonds is 4. The summed E-state index contributed by atoms with van der Waals surface area (Å²) in [5, 5.41) is 3.07. The highest BCUT2D eigenvalue weighted by atomic mass is 127. The molecule has 2 saturated heterocycles. The molecule has 2 heterocycles. The van der Waals surface area contributed by atoms with Gasteiger partial charge in [-0.2, -0.15) is 0 Å². The number of ether oxygens (including phenoxy) is 1. The van der Waals surface area contributed by atoms with Crippen molar-refractivity contribution in [2.24, 2.45) is 4.99 Å². The predicted octanol–water partition coefficient (Wildman–Crippen LogP) is 0.762. The van der Waals surface area contributed by atoms with Crippen LogP contribution in [0.5, 0.6) is 0 Å². The molecule has 0 radical (unpaired) electrons. The zero-order chi connectivity index (χ0) is 19.2. The van der Waals surface area contributed by atoms with Gasteiger partial charge in [0, 0.05) is 46.3 Å². The molecule has 0 bridgehead atoms. The number of carbonyl (C=O) groups is 2. The second-order valence-corrected chi connectivity index (χ2v) is 7.84. The molecule has 1 amide bonds. The molecular formula is C18H34IN5O3. The summed E-state index contributed by atoms with van der Waals surface area (Å²) in [6.45, 7) is 11.1. The van der Waals surface area contributed by atoms with Crippen LogP contribution in [0.4, 0.5) is 0 Å². The molecule has 0 saturated carbocycles. The molecule has 1 N–H and O–H groups in total. The Morgan fingerprint density at radius 3 is 2.11 bits per heavy atom. The van der Waals surface area contributed by atoms with E-state index in [9.17, 15) is 9.59 Å². The molecule has 2 fully saturated rings. The van der Waals surface area contributed by atoms with Gasteiger partial charge in [0.15, 0.2) is 5.96 Å². The average molecular weight is 495 g/mol. The number of nitrogens with zero attached hydrogens (tertiary/aromatic N) is 4. The SMILES string of the molecule is CN=C(NCC(=O)OC(C)(C)C)N1CCN(CC(=O)N2CCCC2)CC1.I. The van der Waals surface area contributed by atoms with E-state index in [1.165, 1.54) is 0 Å². The van der Waals surface area contributed by atoms with Gasteiger partial charge in [-0.05, 0) is 33.6 Å². The van der Waals surface area contributed by atoms with Crippen molar-refractivity contribution in [1.29, 1.82) is 0 Å². The van der Waals surface area contributed by atoms with Gasteiger partial charge >= 0.3 is 5.97 Å². The number of piperazine rings is 1. The molecule has 0 unspecified atom stereocenters. The smallest absolute Gasteiger partial charge is 0.325 e. The fourth-order valence-electron chi connectivity index (χ4n) is 3.24. The molecule has 0 aromatic rings. The quantitative estimate of drug-likeness (QED) is 0.269. The largest absolute Gasteiger partial charge is 0.459 e. The predicted molar refractivity (Wildman–Crippen MR) is 116 cm³/mol. The van der Waals surface area contributed by atoms with E-state index in [0.29, 0.717) is 12.5 Å². The first-order valence-corrected chi connectivity index (χ1v) is 9.46. The van der Waals surface area contributed by atoms with E-state index in [0.717, 1.165) is 52.1 Å². The van der Waals surface area contributed by atoms with Gasteiger partial charge in [-0.15, -0.1) is 24.0 Å².